The van der Waals surface area contributed by atoms with E-state index in [0.29, 0.717) is 6.20 Å². The van der Waals surface area contributed by atoms with Crippen molar-refractivity contribution in [2.75, 3.05) is 6.61 Å². The summed E-state index contributed by atoms with van der Waals surface area (Å²) in [4.78, 5) is 3.23. The van der Waals surface area contributed by atoms with Crippen LogP contribution in [0, 0.1) is 0 Å². The van der Waals surface area contributed by atoms with Crippen molar-refractivity contribution in [3.05, 3.63) is 23.9 Å². The predicted octanol–water partition coefficient (Wildman–Crippen LogP) is 2.62. The van der Waals surface area contributed by atoms with Gasteiger partial charge in [0, 0.05) is 17.8 Å². The van der Waals surface area contributed by atoms with Crippen LogP contribution in [0.1, 0.15) is 11.7 Å². The topological polar surface area (TPSA) is 42.4 Å². The number of pyridine rings is 1. The second-order valence-corrected chi connectivity index (χ2v) is 3.28. The highest BCUT2D eigenvalue weighted by atomic mass is 19.4. The molecule has 1 heterocycles. The van der Waals surface area contributed by atoms with Gasteiger partial charge in [-0.15, -0.1) is 0 Å². The fourth-order valence-electron chi connectivity index (χ4n) is 0.984. The van der Waals surface area contributed by atoms with Gasteiger partial charge in [-0.3, -0.25) is 0 Å². The maximum Gasteiger partial charge on any atom is 0.422 e. The summed E-state index contributed by atoms with van der Waals surface area (Å²) in [6, 6.07) is 1.60. The van der Waals surface area contributed by atoms with Gasteiger partial charge in [-0.05, 0) is 6.07 Å². The SMILES string of the molecule is OC(c1ccc(OCC(F)(F)F)nc1)C(F)(F)F. The van der Waals surface area contributed by atoms with Gasteiger partial charge in [0.1, 0.15) is 0 Å². The molecule has 1 N–H and O–H groups in total. The highest BCUT2D eigenvalue weighted by Crippen LogP contribution is 2.32. The van der Waals surface area contributed by atoms with E-state index in [1.54, 1.807) is 0 Å². The summed E-state index contributed by atoms with van der Waals surface area (Å²) < 4.78 is 75.7. The van der Waals surface area contributed by atoms with Crippen LogP contribution in [-0.4, -0.2) is 29.0 Å². The molecule has 0 saturated heterocycles. The highest BCUT2D eigenvalue weighted by Gasteiger charge is 2.39. The van der Waals surface area contributed by atoms with Gasteiger partial charge < -0.3 is 9.84 Å². The van der Waals surface area contributed by atoms with Crippen molar-refractivity contribution in [1.82, 2.24) is 4.98 Å². The number of nitrogens with zero attached hydrogens (tertiary/aromatic N) is 1. The molecule has 0 fully saturated rings. The van der Waals surface area contributed by atoms with Gasteiger partial charge in [-0.25, -0.2) is 4.98 Å². The Morgan fingerprint density at radius 1 is 1.17 bits per heavy atom. The zero-order valence-corrected chi connectivity index (χ0v) is 8.59. The molecule has 1 aromatic rings. The monoisotopic (exact) mass is 275 g/mol. The second-order valence-electron chi connectivity index (χ2n) is 3.28. The molecule has 9 heteroatoms. The molecule has 0 aliphatic heterocycles. The standard InChI is InChI=1S/C9H7F6NO2/c10-8(11,12)4-18-6-2-1-5(3-16-6)7(17)9(13,14)15/h1-3,7,17H,4H2. The van der Waals surface area contributed by atoms with Gasteiger partial charge in [0.05, 0.1) is 0 Å². The summed E-state index contributed by atoms with van der Waals surface area (Å²) in [5.74, 6) is -0.481. The van der Waals surface area contributed by atoms with Gasteiger partial charge in [0.15, 0.2) is 12.7 Å². The summed E-state index contributed by atoms with van der Waals surface area (Å²) in [7, 11) is 0. The normalized spacial score (nSPS) is 14.4. The third-order valence-corrected chi connectivity index (χ3v) is 1.77. The van der Waals surface area contributed by atoms with E-state index in [-0.39, 0.29) is 0 Å². The molecule has 0 aliphatic carbocycles. The van der Waals surface area contributed by atoms with E-state index in [0.717, 1.165) is 12.1 Å². The number of aliphatic hydroxyl groups is 1. The average Bonchev–Trinajstić information content (AvgIpc) is 2.24. The van der Waals surface area contributed by atoms with Crippen LogP contribution in [-0.2, 0) is 0 Å². The molecule has 102 valence electrons. The van der Waals surface area contributed by atoms with Gasteiger partial charge in [0.25, 0.3) is 0 Å². The van der Waals surface area contributed by atoms with Crippen molar-refractivity contribution >= 4 is 0 Å². The minimum absolute atomic E-state index is 0.481. The number of ether oxygens (including phenoxy) is 1. The van der Waals surface area contributed by atoms with Gasteiger partial charge in [-0.2, -0.15) is 26.3 Å². The molecule has 1 atom stereocenters. The Hall–Kier alpha value is -1.51. The maximum atomic E-state index is 12.1. The number of alkyl halides is 6. The minimum atomic E-state index is -4.87. The van der Waals surface area contributed by atoms with Crippen molar-refractivity contribution in [3.63, 3.8) is 0 Å². The molecule has 18 heavy (non-hydrogen) atoms. The molecule has 3 nitrogen and oxygen atoms in total. The van der Waals surface area contributed by atoms with Gasteiger partial charge >= 0.3 is 12.4 Å². The Balaban J connectivity index is 2.69. The third kappa shape index (κ3) is 4.40. The van der Waals surface area contributed by atoms with Gasteiger partial charge in [-0.1, -0.05) is 0 Å². The first-order valence-electron chi connectivity index (χ1n) is 4.50. The number of aliphatic hydroxyl groups excluding tert-OH is 1. The molecule has 1 aromatic heterocycles. The van der Waals surface area contributed by atoms with Crippen molar-refractivity contribution in [1.29, 1.82) is 0 Å². The molecule has 0 bridgehead atoms. The van der Waals surface area contributed by atoms with Crippen LogP contribution in [0.2, 0.25) is 0 Å². The Morgan fingerprint density at radius 3 is 2.17 bits per heavy atom. The number of hydrogen-bond acceptors (Lipinski definition) is 3. The van der Waals surface area contributed by atoms with Gasteiger partial charge in [0.2, 0.25) is 5.88 Å². The van der Waals surface area contributed by atoms with Crippen LogP contribution in [0.15, 0.2) is 18.3 Å². The molecule has 1 rings (SSSR count). The number of aromatic nitrogens is 1. The summed E-state index contributed by atoms with van der Waals surface area (Å²) in [5, 5.41) is 8.82. The van der Waals surface area contributed by atoms with E-state index in [2.05, 4.69) is 9.72 Å². The minimum Gasteiger partial charge on any atom is -0.468 e. The van der Waals surface area contributed by atoms with Crippen molar-refractivity contribution in [2.24, 2.45) is 0 Å². The average molecular weight is 275 g/mol. The zero-order chi connectivity index (χ0) is 14.0. The smallest absolute Gasteiger partial charge is 0.422 e. The Kier molecular flexibility index (Phi) is 4.05. The van der Waals surface area contributed by atoms with Crippen molar-refractivity contribution in [2.45, 2.75) is 18.5 Å². The molecule has 0 amide bonds. The lowest BCUT2D eigenvalue weighted by Crippen LogP contribution is -2.21. The van der Waals surface area contributed by atoms with E-state index in [4.69, 9.17) is 5.11 Å². The fraction of sp³-hybridized carbons (Fsp3) is 0.444. The molecule has 0 spiro atoms. The van der Waals surface area contributed by atoms with Crippen LogP contribution >= 0.6 is 0 Å². The van der Waals surface area contributed by atoms with E-state index in [9.17, 15) is 26.3 Å². The first-order chi connectivity index (χ1) is 8.09. The number of halogens is 6. The van der Waals surface area contributed by atoms with Crippen LogP contribution in [0.4, 0.5) is 26.3 Å². The van der Waals surface area contributed by atoms with E-state index in [1.807, 2.05) is 0 Å². The first kappa shape index (κ1) is 14.6. The quantitative estimate of drug-likeness (QED) is 0.862. The van der Waals surface area contributed by atoms with E-state index in [1.165, 1.54) is 0 Å². The number of rotatable bonds is 3. The zero-order valence-electron chi connectivity index (χ0n) is 8.59. The van der Waals surface area contributed by atoms with Crippen molar-refractivity contribution < 1.29 is 36.2 Å². The predicted molar refractivity (Wildman–Crippen MR) is 46.8 cm³/mol. The second kappa shape index (κ2) is 5.01. The Bertz CT molecular complexity index is 386. The fourth-order valence-corrected chi connectivity index (χ4v) is 0.984. The van der Waals surface area contributed by atoms with Crippen LogP contribution in [0.5, 0.6) is 5.88 Å². The van der Waals surface area contributed by atoms with E-state index < -0.39 is 36.5 Å². The summed E-state index contributed by atoms with van der Waals surface area (Å²) in [5.41, 5.74) is -0.582. The maximum absolute atomic E-state index is 12.1. The molecule has 0 saturated carbocycles. The Labute approximate surface area is 97.0 Å². The summed E-state index contributed by atoms with van der Waals surface area (Å²) in [6.45, 7) is -1.60. The first-order valence-corrected chi connectivity index (χ1v) is 4.50. The summed E-state index contributed by atoms with van der Waals surface area (Å²) in [6.07, 6.45) is -11.6. The molecular weight excluding hydrogens is 268 g/mol. The lowest BCUT2D eigenvalue weighted by Gasteiger charge is -2.14. The largest absolute Gasteiger partial charge is 0.468 e. The Morgan fingerprint density at radius 2 is 1.78 bits per heavy atom. The van der Waals surface area contributed by atoms with Crippen LogP contribution in [0.3, 0.4) is 0 Å². The molecule has 0 aliphatic rings. The number of hydrogen-bond donors (Lipinski definition) is 1. The lowest BCUT2D eigenvalue weighted by atomic mass is 10.1. The van der Waals surface area contributed by atoms with Crippen LogP contribution < -0.4 is 4.74 Å². The lowest BCUT2D eigenvalue weighted by molar-refractivity contribution is -0.206. The molecule has 1 unspecified atom stereocenters. The molecule has 0 aromatic carbocycles. The summed E-state index contributed by atoms with van der Waals surface area (Å²) >= 11 is 0. The molecular formula is C9H7F6NO2. The van der Waals surface area contributed by atoms with Crippen LogP contribution in [0.25, 0.3) is 0 Å². The molecule has 0 radical (unpaired) electrons. The third-order valence-electron chi connectivity index (χ3n) is 1.77. The van der Waals surface area contributed by atoms with Crippen molar-refractivity contribution in [3.8, 4) is 5.88 Å². The van der Waals surface area contributed by atoms with E-state index >= 15 is 0 Å². The highest BCUT2D eigenvalue weighted by molar-refractivity contribution is 5.20.